The number of nitrogens with zero attached hydrogens (tertiary/aromatic N) is 1. The monoisotopic (exact) mass is 337 g/mol. The fourth-order valence-electron chi connectivity index (χ4n) is 2.83. The van der Waals surface area contributed by atoms with E-state index in [0.29, 0.717) is 12.2 Å². The van der Waals surface area contributed by atoms with Gasteiger partial charge in [-0.05, 0) is 37.1 Å². The molecule has 0 saturated heterocycles. The number of anilines is 2. The topological polar surface area (TPSA) is 78.5 Å². The molecule has 6 nitrogen and oxygen atoms in total. The lowest BCUT2D eigenvalue weighted by molar-refractivity contribution is -0.137. The summed E-state index contributed by atoms with van der Waals surface area (Å²) >= 11 is 0. The number of amides is 3. The van der Waals surface area contributed by atoms with Crippen LogP contribution in [-0.2, 0) is 20.8 Å². The second-order valence-electron chi connectivity index (χ2n) is 5.88. The lowest BCUT2D eigenvalue weighted by Crippen LogP contribution is -2.49. The number of benzene rings is 2. The number of hydrogen-bond acceptors (Lipinski definition) is 3. The zero-order valence-corrected chi connectivity index (χ0v) is 13.9. The van der Waals surface area contributed by atoms with E-state index in [2.05, 4.69) is 10.6 Å². The molecule has 0 spiro atoms. The summed E-state index contributed by atoms with van der Waals surface area (Å²) in [5, 5.41) is 4.96. The first kappa shape index (κ1) is 16.7. The van der Waals surface area contributed by atoms with Crippen molar-refractivity contribution in [2.45, 2.75) is 19.4 Å². The van der Waals surface area contributed by atoms with Crippen LogP contribution in [0.25, 0.3) is 0 Å². The number of rotatable bonds is 3. The van der Waals surface area contributed by atoms with Crippen LogP contribution in [0.4, 0.5) is 11.4 Å². The average Bonchev–Trinajstić information content (AvgIpc) is 3.05. The van der Waals surface area contributed by atoms with E-state index in [9.17, 15) is 14.4 Å². The molecule has 1 heterocycles. The average molecular weight is 337 g/mol. The molecular weight excluding hydrogens is 318 g/mol. The molecule has 2 N–H and O–H groups in total. The molecule has 1 aliphatic heterocycles. The quantitative estimate of drug-likeness (QED) is 0.837. The van der Waals surface area contributed by atoms with Crippen molar-refractivity contribution in [3.05, 3.63) is 60.2 Å². The summed E-state index contributed by atoms with van der Waals surface area (Å²) in [5.41, 5.74) is 2.49. The zero-order valence-electron chi connectivity index (χ0n) is 13.9. The molecule has 2 aromatic rings. The Labute approximate surface area is 145 Å². The maximum atomic E-state index is 12.6. The summed E-state index contributed by atoms with van der Waals surface area (Å²) in [6, 6.07) is 15.6. The molecule has 128 valence electrons. The largest absolute Gasteiger partial charge is 0.336 e. The van der Waals surface area contributed by atoms with Gasteiger partial charge in [-0.25, -0.2) is 0 Å². The molecule has 2 aromatic carbocycles. The van der Waals surface area contributed by atoms with Crippen molar-refractivity contribution in [1.82, 2.24) is 5.32 Å². The second kappa shape index (κ2) is 7.17. The Bertz CT molecular complexity index is 805. The molecule has 3 amide bonds. The van der Waals surface area contributed by atoms with Crippen molar-refractivity contribution in [2.24, 2.45) is 0 Å². The fourth-order valence-corrected chi connectivity index (χ4v) is 2.83. The van der Waals surface area contributed by atoms with Gasteiger partial charge in [-0.15, -0.1) is 0 Å². The Morgan fingerprint density at radius 2 is 1.64 bits per heavy atom. The minimum Gasteiger partial charge on any atom is -0.336 e. The maximum absolute atomic E-state index is 12.6. The predicted octanol–water partition coefficient (Wildman–Crippen LogP) is 1.72. The van der Waals surface area contributed by atoms with E-state index in [1.54, 1.807) is 36.1 Å². The van der Waals surface area contributed by atoms with Crippen molar-refractivity contribution >= 4 is 29.1 Å². The smallest absolute Gasteiger partial charge is 0.313 e. The molecule has 1 unspecified atom stereocenters. The highest BCUT2D eigenvalue weighted by Crippen LogP contribution is 2.27. The zero-order chi connectivity index (χ0) is 17.8. The van der Waals surface area contributed by atoms with Gasteiger partial charge in [0.15, 0.2) is 0 Å². The molecule has 25 heavy (non-hydrogen) atoms. The molecule has 0 saturated carbocycles. The molecule has 1 aliphatic rings. The third-order valence-corrected chi connectivity index (χ3v) is 4.11. The Balaban J connectivity index is 1.60. The maximum Gasteiger partial charge on any atom is 0.313 e. The molecule has 3 rings (SSSR count). The molecular formula is C19H19N3O3. The van der Waals surface area contributed by atoms with E-state index in [4.69, 9.17) is 0 Å². The van der Waals surface area contributed by atoms with Crippen LogP contribution in [0.15, 0.2) is 54.6 Å². The van der Waals surface area contributed by atoms with Gasteiger partial charge in [-0.2, -0.15) is 0 Å². The number of para-hydroxylation sites is 2. The summed E-state index contributed by atoms with van der Waals surface area (Å²) in [4.78, 5) is 38.2. The standard InChI is InChI=1S/C19H19N3O3/c1-13(19(25)22-12-11-14-7-5-6-10-16(14)22)20-17(23)18(24)21-15-8-3-2-4-9-15/h2-10,13H,11-12H2,1H3,(H,20,23)(H,21,24). The predicted molar refractivity (Wildman–Crippen MR) is 95.2 cm³/mol. The third kappa shape index (κ3) is 3.68. The van der Waals surface area contributed by atoms with Crippen LogP contribution >= 0.6 is 0 Å². The van der Waals surface area contributed by atoms with E-state index in [-0.39, 0.29) is 5.91 Å². The van der Waals surface area contributed by atoms with Gasteiger partial charge < -0.3 is 15.5 Å². The number of carbonyl (C=O) groups excluding carboxylic acids is 3. The molecule has 0 fully saturated rings. The van der Waals surface area contributed by atoms with Crippen LogP contribution in [0.5, 0.6) is 0 Å². The number of carbonyl (C=O) groups is 3. The van der Waals surface area contributed by atoms with Gasteiger partial charge in [0.25, 0.3) is 0 Å². The molecule has 6 heteroatoms. The highest BCUT2D eigenvalue weighted by atomic mass is 16.2. The minimum atomic E-state index is -0.836. The summed E-state index contributed by atoms with van der Waals surface area (Å²) in [5.74, 6) is -1.87. The van der Waals surface area contributed by atoms with E-state index in [0.717, 1.165) is 17.7 Å². The Hall–Kier alpha value is -3.15. The first-order valence-electron chi connectivity index (χ1n) is 8.12. The Kier molecular flexibility index (Phi) is 4.79. The SMILES string of the molecule is CC(NC(=O)C(=O)Nc1ccccc1)C(=O)N1CCc2ccccc21. The summed E-state index contributed by atoms with van der Waals surface area (Å²) in [7, 11) is 0. The van der Waals surface area contributed by atoms with Crippen molar-refractivity contribution < 1.29 is 14.4 Å². The van der Waals surface area contributed by atoms with E-state index < -0.39 is 17.9 Å². The van der Waals surface area contributed by atoms with E-state index in [1.165, 1.54) is 0 Å². The molecule has 0 radical (unpaired) electrons. The normalized spacial score (nSPS) is 13.7. The third-order valence-electron chi connectivity index (χ3n) is 4.11. The summed E-state index contributed by atoms with van der Waals surface area (Å²) in [6.45, 7) is 2.16. The summed E-state index contributed by atoms with van der Waals surface area (Å²) < 4.78 is 0. The minimum absolute atomic E-state index is 0.231. The Morgan fingerprint density at radius 3 is 2.40 bits per heavy atom. The number of nitrogens with one attached hydrogen (secondary N) is 2. The van der Waals surface area contributed by atoms with Crippen molar-refractivity contribution in [3.8, 4) is 0 Å². The van der Waals surface area contributed by atoms with Gasteiger partial charge in [0.05, 0.1) is 0 Å². The lowest BCUT2D eigenvalue weighted by Gasteiger charge is -2.22. The van der Waals surface area contributed by atoms with Gasteiger partial charge in [0, 0.05) is 17.9 Å². The van der Waals surface area contributed by atoms with Crippen LogP contribution in [0.1, 0.15) is 12.5 Å². The first-order chi connectivity index (χ1) is 12.1. The Morgan fingerprint density at radius 1 is 0.960 bits per heavy atom. The number of hydrogen-bond donors (Lipinski definition) is 2. The van der Waals surface area contributed by atoms with Crippen molar-refractivity contribution in [3.63, 3.8) is 0 Å². The van der Waals surface area contributed by atoms with Crippen LogP contribution in [0.3, 0.4) is 0 Å². The van der Waals surface area contributed by atoms with E-state index >= 15 is 0 Å². The van der Waals surface area contributed by atoms with E-state index in [1.807, 2.05) is 30.3 Å². The van der Waals surface area contributed by atoms with Gasteiger partial charge in [0.1, 0.15) is 6.04 Å². The molecule has 1 atom stereocenters. The van der Waals surface area contributed by atoms with Crippen LogP contribution in [0.2, 0.25) is 0 Å². The number of fused-ring (bicyclic) bond motifs is 1. The molecule has 0 aromatic heterocycles. The second-order valence-corrected chi connectivity index (χ2v) is 5.88. The lowest BCUT2D eigenvalue weighted by atomic mass is 10.2. The molecule has 0 bridgehead atoms. The highest BCUT2D eigenvalue weighted by Gasteiger charge is 2.29. The summed E-state index contributed by atoms with van der Waals surface area (Å²) in [6.07, 6.45) is 0.789. The van der Waals surface area contributed by atoms with Gasteiger partial charge in [-0.3, -0.25) is 14.4 Å². The van der Waals surface area contributed by atoms with Crippen LogP contribution < -0.4 is 15.5 Å². The highest BCUT2D eigenvalue weighted by molar-refractivity contribution is 6.40. The van der Waals surface area contributed by atoms with Gasteiger partial charge in [0.2, 0.25) is 5.91 Å². The van der Waals surface area contributed by atoms with Gasteiger partial charge >= 0.3 is 11.8 Å². The molecule has 0 aliphatic carbocycles. The first-order valence-corrected chi connectivity index (χ1v) is 8.12. The van der Waals surface area contributed by atoms with Gasteiger partial charge in [-0.1, -0.05) is 36.4 Å². The van der Waals surface area contributed by atoms with Crippen molar-refractivity contribution in [1.29, 1.82) is 0 Å². The van der Waals surface area contributed by atoms with Crippen LogP contribution in [0, 0.1) is 0 Å². The van der Waals surface area contributed by atoms with Crippen molar-refractivity contribution in [2.75, 3.05) is 16.8 Å². The van der Waals surface area contributed by atoms with Crippen LogP contribution in [-0.4, -0.2) is 30.3 Å². The fraction of sp³-hybridized carbons (Fsp3) is 0.211.